The first kappa shape index (κ1) is 27.5. The van der Waals surface area contributed by atoms with Gasteiger partial charge in [0, 0.05) is 48.7 Å². The van der Waals surface area contributed by atoms with Crippen LogP contribution in [0.3, 0.4) is 0 Å². The average Bonchev–Trinajstić information content (AvgIpc) is 3.23. The second-order valence-corrected chi connectivity index (χ2v) is 11.6. The van der Waals surface area contributed by atoms with Crippen LogP contribution in [0.25, 0.3) is 0 Å². The molecule has 3 atom stereocenters. The van der Waals surface area contributed by atoms with E-state index in [1.165, 1.54) is 55.5 Å². The summed E-state index contributed by atoms with van der Waals surface area (Å²) in [6, 6.07) is 11.9. The third-order valence-corrected chi connectivity index (χ3v) is 9.05. The Morgan fingerprint density at radius 3 is 2.30 bits per heavy atom. The molecule has 0 radical (unpaired) electrons. The molecule has 0 bridgehead atoms. The number of amides is 1. The molecule has 1 fully saturated rings. The molecule has 1 saturated heterocycles. The number of aliphatic hydroxyl groups is 1. The van der Waals surface area contributed by atoms with Gasteiger partial charge >= 0.3 is 5.97 Å². The maximum atomic E-state index is 16.8. The van der Waals surface area contributed by atoms with Gasteiger partial charge in [0.05, 0.1) is 27.7 Å². The number of rotatable bonds is 9. The molecule has 228 valence electrons. The summed E-state index contributed by atoms with van der Waals surface area (Å²) in [5.74, 6) is -3.53. The number of nitrogens with zero attached hydrogens (tertiary/aromatic N) is 1. The Bertz CT molecular complexity index is 1640. The zero-order chi connectivity index (χ0) is 33.7. The minimum Gasteiger partial charge on any atom is -0.481 e. The zero-order valence-corrected chi connectivity index (χ0v) is 24.6. The van der Waals surface area contributed by atoms with Gasteiger partial charge in [0.15, 0.2) is 5.72 Å². The number of alkyl halides is 1. The highest BCUT2D eigenvalue weighted by atomic mass is 35.5. The van der Waals surface area contributed by atoms with Crippen LogP contribution in [0.15, 0.2) is 60.7 Å². The minimum atomic E-state index is -3.27. The van der Waals surface area contributed by atoms with Crippen molar-refractivity contribution in [3.8, 4) is 0 Å². The standard InChI is InChI=1S/C32H31Cl2F2NO6/c1-3-31(41,30(36)12-14-43-15-13-30)21-16-24-28(25(35)17-21)32(42-2,20-6-10-23(34)11-7-20)37(29(24)40)26(18-27(38)39)19-4-8-22(33)9-5-19/h4-11,16-17,26,41H,3,12-15,18H2,1-2H3,(H,38,39)/t26-,31+,32+/m0/s1/i2D3. The second kappa shape index (κ2) is 11.8. The van der Waals surface area contributed by atoms with Crippen LogP contribution in [0, 0.1) is 5.82 Å². The molecule has 0 saturated carbocycles. The van der Waals surface area contributed by atoms with Crippen LogP contribution in [0.1, 0.15) is 75.4 Å². The van der Waals surface area contributed by atoms with E-state index in [0.29, 0.717) is 5.02 Å². The van der Waals surface area contributed by atoms with Crippen molar-refractivity contribution >= 4 is 35.1 Å². The number of aliphatic carboxylic acids is 1. The summed E-state index contributed by atoms with van der Waals surface area (Å²) in [6.45, 7) is 1.56. The van der Waals surface area contributed by atoms with Gasteiger partial charge in [-0.3, -0.25) is 14.5 Å². The van der Waals surface area contributed by atoms with Gasteiger partial charge in [0.1, 0.15) is 17.1 Å². The Morgan fingerprint density at radius 2 is 1.74 bits per heavy atom. The fourth-order valence-corrected chi connectivity index (χ4v) is 6.58. The number of hydrogen-bond acceptors (Lipinski definition) is 5. The molecule has 0 unspecified atom stereocenters. The van der Waals surface area contributed by atoms with Crippen LogP contribution in [-0.4, -0.2) is 52.9 Å². The largest absolute Gasteiger partial charge is 0.481 e. The van der Waals surface area contributed by atoms with Crippen molar-refractivity contribution in [2.75, 3.05) is 20.3 Å². The highest BCUT2D eigenvalue weighted by Crippen LogP contribution is 2.53. The molecule has 7 nitrogen and oxygen atoms in total. The number of carbonyl (C=O) groups is 2. The van der Waals surface area contributed by atoms with E-state index in [1.807, 2.05) is 0 Å². The Balaban J connectivity index is 1.85. The molecule has 3 aromatic carbocycles. The van der Waals surface area contributed by atoms with Crippen molar-refractivity contribution < 1.29 is 42.2 Å². The van der Waals surface area contributed by atoms with Crippen LogP contribution >= 0.6 is 23.2 Å². The first-order valence-corrected chi connectivity index (χ1v) is 14.4. The van der Waals surface area contributed by atoms with E-state index in [2.05, 4.69) is 0 Å². The molecule has 1 amide bonds. The SMILES string of the molecule is [2H]C([2H])([2H])O[C@]1(c2ccc(Cl)cc2)c2c(F)cc([C@](O)(CC)C3(F)CCOCC3)cc2C(=O)N1[C@@H](CC(=O)O)c1ccc(Cl)cc1. The van der Waals surface area contributed by atoms with E-state index in [9.17, 15) is 19.8 Å². The van der Waals surface area contributed by atoms with Gasteiger partial charge in [-0.15, -0.1) is 0 Å². The molecule has 5 rings (SSSR count). The number of hydrogen-bond donors (Lipinski definition) is 2. The quantitative estimate of drug-likeness (QED) is 0.269. The lowest BCUT2D eigenvalue weighted by Crippen LogP contribution is -2.51. The van der Waals surface area contributed by atoms with E-state index in [1.54, 1.807) is 0 Å². The number of carbonyl (C=O) groups excluding carboxylic acids is 1. The lowest BCUT2D eigenvalue weighted by atomic mass is 9.72. The van der Waals surface area contributed by atoms with Crippen molar-refractivity contribution in [1.29, 1.82) is 0 Å². The molecular formula is C32H31Cl2F2NO6. The first-order chi connectivity index (χ1) is 21.6. The van der Waals surface area contributed by atoms with E-state index < -0.39 is 65.3 Å². The predicted octanol–water partition coefficient (Wildman–Crippen LogP) is 6.77. The Labute approximate surface area is 262 Å². The van der Waals surface area contributed by atoms with Gasteiger partial charge in [-0.05, 0) is 53.9 Å². The van der Waals surface area contributed by atoms with Crippen molar-refractivity contribution in [3.63, 3.8) is 0 Å². The normalized spacial score (nSPS) is 23.1. The topological polar surface area (TPSA) is 96.3 Å². The maximum Gasteiger partial charge on any atom is 0.305 e. The highest BCUT2D eigenvalue weighted by Gasteiger charge is 2.58. The molecule has 43 heavy (non-hydrogen) atoms. The van der Waals surface area contributed by atoms with Crippen LogP contribution in [0.2, 0.25) is 10.0 Å². The van der Waals surface area contributed by atoms with Gasteiger partial charge < -0.3 is 19.7 Å². The summed E-state index contributed by atoms with van der Waals surface area (Å²) < 4.78 is 68.6. The van der Waals surface area contributed by atoms with Gasteiger partial charge in [-0.2, -0.15) is 0 Å². The first-order valence-electron chi connectivity index (χ1n) is 15.2. The fraction of sp³-hybridized carbons (Fsp3) is 0.375. The second-order valence-electron chi connectivity index (χ2n) is 10.8. The van der Waals surface area contributed by atoms with Crippen molar-refractivity contribution in [3.05, 3.63) is 104 Å². The molecule has 3 aromatic rings. The minimum absolute atomic E-state index is 0.0169. The lowest BCUT2D eigenvalue weighted by molar-refractivity contribution is -0.155. The number of halogens is 4. The van der Waals surface area contributed by atoms with Crippen molar-refractivity contribution in [2.24, 2.45) is 0 Å². The van der Waals surface area contributed by atoms with E-state index in [-0.39, 0.29) is 54.2 Å². The van der Waals surface area contributed by atoms with Gasteiger partial charge in [0.25, 0.3) is 5.91 Å². The van der Waals surface area contributed by atoms with Crippen LogP contribution in [0.4, 0.5) is 8.78 Å². The average molecular weight is 638 g/mol. The van der Waals surface area contributed by atoms with Crippen LogP contribution in [0.5, 0.6) is 0 Å². The van der Waals surface area contributed by atoms with E-state index >= 15 is 8.78 Å². The van der Waals surface area contributed by atoms with Crippen molar-refractivity contribution in [1.82, 2.24) is 4.90 Å². The molecule has 2 N–H and O–H groups in total. The van der Waals surface area contributed by atoms with Gasteiger partial charge in [-0.25, -0.2) is 8.78 Å². The highest BCUT2D eigenvalue weighted by molar-refractivity contribution is 6.30. The third-order valence-electron chi connectivity index (χ3n) is 8.55. The Morgan fingerprint density at radius 1 is 1.14 bits per heavy atom. The monoisotopic (exact) mass is 636 g/mol. The molecule has 0 aliphatic carbocycles. The molecule has 2 aliphatic heterocycles. The lowest BCUT2D eigenvalue weighted by Gasteiger charge is -2.44. The van der Waals surface area contributed by atoms with Gasteiger partial charge in [0.2, 0.25) is 0 Å². The molecule has 0 spiro atoms. The van der Waals surface area contributed by atoms with Crippen LogP contribution < -0.4 is 0 Å². The molecule has 0 aromatic heterocycles. The number of carboxylic acid groups (broad SMARTS) is 1. The number of ether oxygens (including phenoxy) is 2. The van der Waals surface area contributed by atoms with Crippen LogP contribution in [-0.2, 0) is 25.6 Å². The van der Waals surface area contributed by atoms with Gasteiger partial charge in [-0.1, -0.05) is 54.4 Å². The zero-order valence-electron chi connectivity index (χ0n) is 26.1. The van der Waals surface area contributed by atoms with E-state index in [4.69, 9.17) is 36.8 Å². The van der Waals surface area contributed by atoms with E-state index in [0.717, 1.165) is 17.0 Å². The number of fused-ring (bicyclic) bond motifs is 1. The number of carboxylic acids is 1. The summed E-state index contributed by atoms with van der Waals surface area (Å²) >= 11 is 12.2. The fourth-order valence-electron chi connectivity index (χ4n) is 6.33. The maximum absolute atomic E-state index is 16.8. The number of methoxy groups -OCH3 is 1. The molecular weight excluding hydrogens is 603 g/mol. The summed E-state index contributed by atoms with van der Waals surface area (Å²) in [5, 5.41) is 22.4. The predicted molar refractivity (Wildman–Crippen MR) is 156 cm³/mol. The third kappa shape index (κ3) is 5.11. The molecule has 11 heteroatoms. The molecule has 2 heterocycles. The Kier molecular flexibility index (Phi) is 7.53. The number of benzene rings is 3. The summed E-state index contributed by atoms with van der Waals surface area (Å²) in [7, 11) is -3.27. The van der Waals surface area contributed by atoms with Crippen molar-refractivity contribution in [2.45, 2.75) is 55.6 Å². The Hall–Kier alpha value is -3.08. The smallest absolute Gasteiger partial charge is 0.305 e. The summed E-state index contributed by atoms with van der Waals surface area (Å²) in [4.78, 5) is 27.8. The molecule has 2 aliphatic rings. The summed E-state index contributed by atoms with van der Waals surface area (Å²) in [5.41, 5.74) is -8.09. The summed E-state index contributed by atoms with van der Waals surface area (Å²) in [6.07, 6.45) is -1.32.